The summed E-state index contributed by atoms with van der Waals surface area (Å²) in [6.45, 7) is 3.03. The van der Waals surface area contributed by atoms with E-state index >= 15 is 0 Å². The Morgan fingerprint density at radius 2 is 1.83 bits per heavy atom. The fourth-order valence-corrected chi connectivity index (χ4v) is 4.20. The molecule has 3 atom stereocenters. The van der Waals surface area contributed by atoms with Crippen molar-refractivity contribution in [3.05, 3.63) is 0 Å². The van der Waals surface area contributed by atoms with E-state index in [1.807, 2.05) is 0 Å². The summed E-state index contributed by atoms with van der Waals surface area (Å²) in [4.78, 5) is 15.0. The molecule has 3 aliphatic rings. The molecule has 3 nitrogen and oxygen atoms in total. The maximum absolute atomic E-state index is 12.7. The molecule has 1 N–H and O–H groups in total. The Kier molecular flexibility index (Phi) is 3.88. The minimum absolute atomic E-state index is 0.263. The molecule has 3 rings (SSSR count). The van der Waals surface area contributed by atoms with E-state index in [1.165, 1.54) is 44.9 Å². The van der Waals surface area contributed by atoms with Gasteiger partial charge in [-0.3, -0.25) is 4.79 Å². The van der Waals surface area contributed by atoms with E-state index in [9.17, 15) is 4.79 Å². The van der Waals surface area contributed by atoms with Gasteiger partial charge in [-0.2, -0.15) is 0 Å². The quantitative estimate of drug-likeness (QED) is 0.773. The molecule has 18 heavy (non-hydrogen) atoms. The van der Waals surface area contributed by atoms with Gasteiger partial charge < -0.3 is 10.2 Å². The number of piperidine rings is 2. The van der Waals surface area contributed by atoms with Gasteiger partial charge in [-0.1, -0.05) is 12.8 Å². The highest BCUT2D eigenvalue weighted by molar-refractivity contribution is 5.79. The maximum atomic E-state index is 12.7. The van der Waals surface area contributed by atoms with Crippen LogP contribution < -0.4 is 5.32 Å². The van der Waals surface area contributed by atoms with Crippen molar-refractivity contribution in [3.8, 4) is 0 Å². The van der Waals surface area contributed by atoms with Gasteiger partial charge in [0.2, 0.25) is 5.91 Å². The standard InChI is InChI=1S/C15H26N2O/c18-15(13-6-3-9-16-11-13)17-10-4-7-12-5-1-2-8-14(12)17/h12-14,16H,1-11H2/t12-,13+,14-/m1/s1. The Morgan fingerprint density at radius 1 is 1.00 bits per heavy atom. The van der Waals surface area contributed by atoms with Gasteiger partial charge in [-0.25, -0.2) is 0 Å². The predicted molar refractivity (Wildman–Crippen MR) is 72.3 cm³/mol. The lowest BCUT2D eigenvalue weighted by atomic mass is 9.77. The average Bonchev–Trinajstić information content (AvgIpc) is 2.47. The number of nitrogens with zero attached hydrogens (tertiary/aromatic N) is 1. The first-order valence-corrected chi connectivity index (χ1v) is 7.87. The second kappa shape index (κ2) is 5.60. The normalized spacial score (nSPS) is 37.1. The monoisotopic (exact) mass is 250 g/mol. The van der Waals surface area contributed by atoms with Crippen molar-refractivity contribution in [3.63, 3.8) is 0 Å². The summed E-state index contributed by atoms with van der Waals surface area (Å²) in [6.07, 6.45) is 10.2. The zero-order valence-corrected chi connectivity index (χ0v) is 11.4. The molecule has 2 aliphatic heterocycles. The molecule has 1 saturated carbocycles. The molecule has 2 saturated heterocycles. The molecule has 102 valence electrons. The second-order valence-electron chi connectivity index (χ2n) is 6.33. The van der Waals surface area contributed by atoms with E-state index in [4.69, 9.17) is 0 Å². The van der Waals surface area contributed by atoms with Crippen LogP contribution in [0.25, 0.3) is 0 Å². The van der Waals surface area contributed by atoms with E-state index in [2.05, 4.69) is 10.2 Å². The second-order valence-corrected chi connectivity index (χ2v) is 6.33. The number of hydrogen-bond donors (Lipinski definition) is 1. The highest BCUT2D eigenvalue weighted by Gasteiger charge is 2.37. The van der Waals surface area contributed by atoms with Crippen molar-refractivity contribution in [2.24, 2.45) is 11.8 Å². The van der Waals surface area contributed by atoms with Crippen LogP contribution >= 0.6 is 0 Å². The zero-order valence-electron chi connectivity index (χ0n) is 11.4. The first-order valence-electron chi connectivity index (χ1n) is 7.87. The van der Waals surface area contributed by atoms with Crippen LogP contribution in [0.5, 0.6) is 0 Å². The summed E-state index contributed by atoms with van der Waals surface area (Å²) in [5.41, 5.74) is 0. The Bertz CT molecular complexity index is 297. The molecule has 1 aliphatic carbocycles. The zero-order chi connectivity index (χ0) is 12.4. The molecular weight excluding hydrogens is 224 g/mol. The SMILES string of the molecule is O=C([C@H]1CCCNC1)N1CCC[C@H]2CCCC[C@H]21. The molecule has 3 heteroatoms. The molecule has 0 aromatic rings. The van der Waals surface area contributed by atoms with Crippen molar-refractivity contribution in [2.45, 2.75) is 57.4 Å². The van der Waals surface area contributed by atoms with Crippen molar-refractivity contribution < 1.29 is 4.79 Å². The Hall–Kier alpha value is -0.570. The third-order valence-electron chi connectivity index (χ3n) is 5.17. The number of amides is 1. The molecular formula is C15H26N2O. The topological polar surface area (TPSA) is 32.3 Å². The first kappa shape index (κ1) is 12.5. The molecule has 0 aromatic heterocycles. The summed E-state index contributed by atoms with van der Waals surface area (Å²) in [5.74, 6) is 1.53. The fourth-order valence-electron chi connectivity index (χ4n) is 4.20. The van der Waals surface area contributed by atoms with Crippen molar-refractivity contribution in [2.75, 3.05) is 19.6 Å². The van der Waals surface area contributed by atoms with E-state index in [1.54, 1.807) is 0 Å². The van der Waals surface area contributed by atoms with Crippen LogP contribution in [-0.4, -0.2) is 36.5 Å². The molecule has 0 bridgehead atoms. The van der Waals surface area contributed by atoms with Crippen molar-refractivity contribution >= 4 is 5.91 Å². The van der Waals surface area contributed by atoms with Crippen LogP contribution in [-0.2, 0) is 4.79 Å². The smallest absolute Gasteiger partial charge is 0.227 e. The summed E-state index contributed by atoms with van der Waals surface area (Å²) >= 11 is 0. The maximum Gasteiger partial charge on any atom is 0.227 e. The van der Waals surface area contributed by atoms with Gasteiger partial charge in [0.15, 0.2) is 0 Å². The largest absolute Gasteiger partial charge is 0.339 e. The fraction of sp³-hybridized carbons (Fsp3) is 0.933. The molecule has 0 aromatic carbocycles. The van der Waals surface area contributed by atoms with E-state index in [0.717, 1.165) is 32.0 Å². The van der Waals surface area contributed by atoms with Gasteiger partial charge in [0.1, 0.15) is 0 Å². The molecule has 0 unspecified atom stereocenters. The van der Waals surface area contributed by atoms with E-state index in [-0.39, 0.29) is 5.92 Å². The van der Waals surface area contributed by atoms with Gasteiger partial charge >= 0.3 is 0 Å². The molecule has 0 radical (unpaired) electrons. The number of carbonyl (C=O) groups is 1. The van der Waals surface area contributed by atoms with Crippen LogP contribution in [0.2, 0.25) is 0 Å². The number of fused-ring (bicyclic) bond motifs is 1. The lowest BCUT2D eigenvalue weighted by Gasteiger charge is -2.45. The number of likely N-dealkylation sites (tertiary alicyclic amines) is 1. The van der Waals surface area contributed by atoms with Crippen molar-refractivity contribution in [1.29, 1.82) is 0 Å². The summed E-state index contributed by atoms with van der Waals surface area (Å²) < 4.78 is 0. The molecule has 2 heterocycles. The van der Waals surface area contributed by atoms with Crippen molar-refractivity contribution in [1.82, 2.24) is 10.2 Å². The number of rotatable bonds is 1. The van der Waals surface area contributed by atoms with Crippen LogP contribution in [0.4, 0.5) is 0 Å². The molecule has 0 spiro atoms. The third-order valence-corrected chi connectivity index (χ3v) is 5.17. The highest BCUT2D eigenvalue weighted by atomic mass is 16.2. The minimum Gasteiger partial charge on any atom is -0.339 e. The average molecular weight is 250 g/mol. The van der Waals surface area contributed by atoms with Gasteiger partial charge in [0.25, 0.3) is 0 Å². The summed E-state index contributed by atoms with van der Waals surface area (Å²) in [6, 6.07) is 0.585. The Balaban J connectivity index is 1.67. The molecule has 1 amide bonds. The number of hydrogen-bond acceptors (Lipinski definition) is 2. The van der Waals surface area contributed by atoms with Crippen LogP contribution in [0.15, 0.2) is 0 Å². The lowest BCUT2D eigenvalue weighted by Crippen LogP contribution is -2.53. The number of nitrogens with one attached hydrogen (secondary N) is 1. The first-order chi connectivity index (χ1) is 8.86. The Labute approximate surface area is 110 Å². The van der Waals surface area contributed by atoms with Gasteiger partial charge in [0, 0.05) is 19.1 Å². The lowest BCUT2D eigenvalue weighted by molar-refractivity contribution is -0.142. The van der Waals surface area contributed by atoms with Gasteiger partial charge in [0.05, 0.1) is 5.92 Å². The highest BCUT2D eigenvalue weighted by Crippen LogP contribution is 2.36. The number of carbonyl (C=O) groups excluding carboxylic acids is 1. The minimum atomic E-state index is 0.263. The van der Waals surface area contributed by atoms with E-state index in [0.29, 0.717) is 11.9 Å². The molecule has 3 fully saturated rings. The Morgan fingerprint density at radius 3 is 2.67 bits per heavy atom. The van der Waals surface area contributed by atoms with Crippen LogP contribution in [0.1, 0.15) is 51.4 Å². The van der Waals surface area contributed by atoms with Gasteiger partial charge in [-0.05, 0) is 51.0 Å². The van der Waals surface area contributed by atoms with E-state index < -0.39 is 0 Å². The third kappa shape index (κ3) is 2.42. The van der Waals surface area contributed by atoms with Crippen LogP contribution in [0, 0.1) is 11.8 Å². The van der Waals surface area contributed by atoms with Crippen LogP contribution in [0.3, 0.4) is 0 Å². The van der Waals surface area contributed by atoms with Gasteiger partial charge in [-0.15, -0.1) is 0 Å². The predicted octanol–water partition coefficient (Wildman–Crippen LogP) is 2.17. The summed E-state index contributed by atoms with van der Waals surface area (Å²) in [5, 5.41) is 3.38. The summed E-state index contributed by atoms with van der Waals surface area (Å²) in [7, 11) is 0.